The highest BCUT2D eigenvalue weighted by Gasteiger charge is 2.06. The number of hydrogen-bond acceptors (Lipinski definition) is 2. The zero-order valence-electron chi connectivity index (χ0n) is 7.17. The summed E-state index contributed by atoms with van der Waals surface area (Å²) in [6.45, 7) is 3.90. The topological polar surface area (TPSA) is 46.5 Å². The van der Waals surface area contributed by atoms with Gasteiger partial charge in [0.2, 0.25) is 0 Å². The highest BCUT2D eigenvalue weighted by Crippen LogP contribution is 2.05. The first-order chi connectivity index (χ1) is 5.20. The molecule has 0 aromatic rings. The van der Waals surface area contributed by atoms with E-state index in [0.717, 1.165) is 19.3 Å². The van der Waals surface area contributed by atoms with E-state index in [1.807, 2.05) is 6.92 Å². The summed E-state index contributed by atoms with van der Waals surface area (Å²) in [6, 6.07) is 0. The smallest absolute Gasteiger partial charge is 0.329 e. The third kappa shape index (κ3) is 5.85. The number of hydrogen-bond donors (Lipinski definition) is 1. The quantitative estimate of drug-likeness (QED) is 0.642. The second-order valence-electron chi connectivity index (χ2n) is 2.52. The maximum absolute atomic E-state index is 10.1. The molecule has 1 atom stereocenters. The largest absolute Gasteiger partial charge is 0.480 e. The van der Waals surface area contributed by atoms with E-state index in [-0.39, 0.29) is 12.7 Å². The molecule has 1 unspecified atom stereocenters. The minimum Gasteiger partial charge on any atom is -0.480 e. The molecule has 0 spiro atoms. The summed E-state index contributed by atoms with van der Waals surface area (Å²) in [5.41, 5.74) is 0. The zero-order chi connectivity index (χ0) is 8.69. The van der Waals surface area contributed by atoms with Crippen LogP contribution in [0.25, 0.3) is 0 Å². The van der Waals surface area contributed by atoms with Crippen molar-refractivity contribution in [2.45, 2.75) is 39.2 Å². The minimum atomic E-state index is -0.889. The molecule has 0 aliphatic heterocycles. The van der Waals surface area contributed by atoms with Crippen LogP contribution in [-0.4, -0.2) is 23.8 Å². The van der Waals surface area contributed by atoms with E-state index in [4.69, 9.17) is 9.84 Å². The lowest BCUT2D eigenvalue weighted by Gasteiger charge is -2.12. The van der Waals surface area contributed by atoms with Crippen molar-refractivity contribution in [2.24, 2.45) is 0 Å². The summed E-state index contributed by atoms with van der Waals surface area (Å²) in [4.78, 5) is 10.1. The fourth-order valence-electron chi connectivity index (χ4n) is 0.916. The van der Waals surface area contributed by atoms with E-state index in [2.05, 4.69) is 6.92 Å². The van der Waals surface area contributed by atoms with Gasteiger partial charge >= 0.3 is 5.97 Å². The summed E-state index contributed by atoms with van der Waals surface area (Å²) in [5, 5.41) is 8.30. The summed E-state index contributed by atoms with van der Waals surface area (Å²) < 4.78 is 5.09. The number of ether oxygens (including phenoxy) is 1. The van der Waals surface area contributed by atoms with Gasteiger partial charge in [0.1, 0.15) is 6.61 Å². The molecule has 0 amide bonds. The highest BCUT2D eigenvalue weighted by molar-refractivity contribution is 5.68. The lowest BCUT2D eigenvalue weighted by molar-refractivity contribution is -0.144. The maximum Gasteiger partial charge on any atom is 0.329 e. The average molecular weight is 160 g/mol. The lowest BCUT2D eigenvalue weighted by Crippen LogP contribution is -2.17. The molecule has 0 fully saturated rings. The number of aliphatic carboxylic acids is 1. The number of carboxylic acid groups (broad SMARTS) is 1. The molecule has 0 bridgehead atoms. The molecule has 0 radical (unpaired) electrons. The Hall–Kier alpha value is -0.570. The second-order valence-corrected chi connectivity index (χ2v) is 2.52. The van der Waals surface area contributed by atoms with Crippen molar-refractivity contribution in [2.75, 3.05) is 6.61 Å². The van der Waals surface area contributed by atoms with Crippen LogP contribution in [0.2, 0.25) is 0 Å². The summed E-state index contributed by atoms with van der Waals surface area (Å²) in [6.07, 6.45) is 3.00. The Balaban J connectivity index is 3.43. The lowest BCUT2D eigenvalue weighted by atomic mass is 10.2. The van der Waals surface area contributed by atoms with Gasteiger partial charge in [-0.2, -0.15) is 0 Å². The average Bonchev–Trinajstić information content (AvgIpc) is 1.97. The van der Waals surface area contributed by atoms with Crippen molar-refractivity contribution in [3.63, 3.8) is 0 Å². The third-order valence-electron chi connectivity index (χ3n) is 1.51. The van der Waals surface area contributed by atoms with Crippen LogP contribution in [0.5, 0.6) is 0 Å². The fraction of sp³-hybridized carbons (Fsp3) is 0.875. The van der Waals surface area contributed by atoms with Crippen LogP contribution < -0.4 is 0 Å². The van der Waals surface area contributed by atoms with Gasteiger partial charge in [-0.15, -0.1) is 0 Å². The van der Waals surface area contributed by atoms with Crippen LogP contribution in [0.15, 0.2) is 0 Å². The Morgan fingerprint density at radius 3 is 2.55 bits per heavy atom. The standard InChI is InChI=1S/C8H16O3/c1-3-5-7(4-2)11-6-8(9)10/h7H,3-6H2,1-2H3,(H,9,10). The highest BCUT2D eigenvalue weighted by atomic mass is 16.5. The summed E-state index contributed by atoms with van der Waals surface area (Å²) >= 11 is 0. The van der Waals surface area contributed by atoms with E-state index in [9.17, 15) is 4.79 Å². The molecule has 0 saturated heterocycles. The van der Waals surface area contributed by atoms with Crippen LogP contribution in [0.1, 0.15) is 33.1 Å². The molecule has 0 rings (SSSR count). The van der Waals surface area contributed by atoms with E-state index in [0.29, 0.717) is 0 Å². The Bertz CT molecular complexity index is 112. The molecule has 0 aliphatic rings. The first-order valence-electron chi connectivity index (χ1n) is 4.04. The van der Waals surface area contributed by atoms with Crippen molar-refractivity contribution in [1.29, 1.82) is 0 Å². The first-order valence-corrected chi connectivity index (χ1v) is 4.04. The normalized spacial score (nSPS) is 12.9. The Morgan fingerprint density at radius 1 is 1.55 bits per heavy atom. The minimum absolute atomic E-state index is 0.121. The van der Waals surface area contributed by atoms with Gasteiger partial charge in [-0.25, -0.2) is 4.79 Å². The zero-order valence-corrected chi connectivity index (χ0v) is 7.17. The molecule has 3 heteroatoms. The van der Waals surface area contributed by atoms with Gasteiger partial charge in [-0.1, -0.05) is 20.3 Å². The van der Waals surface area contributed by atoms with Gasteiger partial charge in [0.15, 0.2) is 0 Å². The van der Waals surface area contributed by atoms with Crippen LogP contribution in [-0.2, 0) is 9.53 Å². The molecule has 0 saturated carbocycles. The summed E-state index contributed by atoms with van der Waals surface area (Å²) in [5.74, 6) is -0.889. The molecule has 0 aromatic carbocycles. The predicted molar refractivity (Wildman–Crippen MR) is 42.6 cm³/mol. The molecule has 1 N–H and O–H groups in total. The molecule has 3 nitrogen and oxygen atoms in total. The molecule has 0 aromatic heterocycles. The monoisotopic (exact) mass is 160 g/mol. The molecular weight excluding hydrogens is 144 g/mol. The molecule has 11 heavy (non-hydrogen) atoms. The molecule has 66 valence electrons. The Morgan fingerprint density at radius 2 is 2.18 bits per heavy atom. The Labute approximate surface area is 67.4 Å². The van der Waals surface area contributed by atoms with E-state index < -0.39 is 5.97 Å². The van der Waals surface area contributed by atoms with E-state index >= 15 is 0 Å². The van der Waals surface area contributed by atoms with Crippen LogP contribution in [0.4, 0.5) is 0 Å². The third-order valence-corrected chi connectivity index (χ3v) is 1.51. The molecular formula is C8H16O3. The summed E-state index contributed by atoms with van der Waals surface area (Å²) in [7, 11) is 0. The van der Waals surface area contributed by atoms with Gasteiger partial charge in [0.05, 0.1) is 6.10 Å². The van der Waals surface area contributed by atoms with Gasteiger partial charge in [0, 0.05) is 0 Å². The first kappa shape index (κ1) is 10.4. The van der Waals surface area contributed by atoms with E-state index in [1.54, 1.807) is 0 Å². The maximum atomic E-state index is 10.1. The predicted octanol–water partition coefficient (Wildman–Crippen LogP) is 1.67. The van der Waals surface area contributed by atoms with Gasteiger partial charge in [0.25, 0.3) is 0 Å². The fourth-order valence-corrected chi connectivity index (χ4v) is 0.916. The van der Waals surface area contributed by atoms with Crippen LogP contribution in [0.3, 0.4) is 0 Å². The van der Waals surface area contributed by atoms with Crippen molar-refractivity contribution in [1.82, 2.24) is 0 Å². The van der Waals surface area contributed by atoms with Crippen molar-refractivity contribution in [3.05, 3.63) is 0 Å². The van der Waals surface area contributed by atoms with Crippen LogP contribution in [0, 0.1) is 0 Å². The molecule has 0 heterocycles. The number of carbonyl (C=O) groups is 1. The van der Waals surface area contributed by atoms with Crippen LogP contribution >= 0.6 is 0 Å². The van der Waals surface area contributed by atoms with Crippen molar-refractivity contribution < 1.29 is 14.6 Å². The van der Waals surface area contributed by atoms with Crippen molar-refractivity contribution in [3.8, 4) is 0 Å². The SMILES string of the molecule is CCCC(CC)OCC(=O)O. The Kier molecular flexibility index (Phi) is 5.84. The van der Waals surface area contributed by atoms with Crippen molar-refractivity contribution >= 4 is 5.97 Å². The number of rotatable bonds is 6. The van der Waals surface area contributed by atoms with Gasteiger partial charge in [-0.3, -0.25) is 0 Å². The van der Waals surface area contributed by atoms with Gasteiger partial charge < -0.3 is 9.84 Å². The second kappa shape index (κ2) is 6.16. The molecule has 0 aliphatic carbocycles. The number of carboxylic acids is 1. The van der Waals surface area contributed by atoms with E-state index in [1.165, 1.54) is 0 Å². The van der Waals surface area contributed by atoms with Gasteiger partial charge in [-0.05, 0) is 12.8 Å².